The van der Waals surface area contributed by atoms with E-state index in [9.17, 15) is 0 Å². The zero-order valence-electron chi connectivity index (χ0n) is 23.9. The van der Waals surface area contributed by atoms with Crippen LogP contribution in [-0.2, 0) is 0 Å². The fourth-order valence-electron chi connectivity index (χ4n) is 5.88. The molecular formula is C41H27N3. The number of pyridine rings is 1. The third-order valence-corrected chi connectivity index (χ3v) is 8.09. The summed E-state index contributed by atoms with van der Waals surface area (Å²) in [6.07, 6.45) is 0. The zero-order valence-corrected chi connectivity index (χ0v) is 23.9. The van der Waals surface area contributed by atoms with Crippen LogP contribution in [0.5, 0.6) is 0 Å². The lowest BCUT2D eigenvalue weighted by atomic mass is 9.93. The Morgan fingerprint density at radius 3 is 1.48 bits per heavy atom. The second-order valence-electron chi connectivity index (χ2n) is 10.9. The van der Waals surface area contributed by atoms with Crippen LogP contribution >= 0.6 is 0 Å². The molecule has 3 nitrogen and oxygen atoms in total. The summed E-state index contributed by atoms with van der Waals surface area (Å²) in [5, 5.41) is 3.57. The van der Waals surface area contributed by atoms with Crippen molar-refractivity contribution in [3.05, 3.63) is 164 Å². The minimum atomic E-state index is 0.713. The van der Waals surface area contributed by atoms with E-state index >= 15 is 0 Å². The molecule has 0 amide bonds. The van der Waals surface area contributed by atoms with E-state index in [0.29, 0.717) is 5.82 Å². The number of rotatable bonds is 5. The number of aromatic nitrogens is 3. The molecule has 0 bridgehead atoms. The minimum Gasteiger partial charge on any atom is -0.248 e. The molecule has 0 aliphatic rings. The van der Waals surface area contributed by atoms with Gasteiger partial charge in [-0.3, -0.25) is 0 Å². The van der Waals surface area contributed by atoms with Gasteiger partial charge in [0.15, 0.2) is 5.82 Å². The molecule has 8 rings (SSSR count). The van der Waals surface area contributed by atoms with Crippen LogP contribution in [0.15, 0.2) is 164 Å². The molecule has 0 radical (unpaired) electrons. The number of benzene rings is 6. The van der Waals surface area contributed by atoms with Gasteiger partial charge in [0.25, 0.3) is 0 Å². The summed E-state index contributed by atoms with van der Waals surface area (Å²) in [6, 6.07) is 56.7. The van der Waals surface area contributed by atoms with Gasteiger partial charge in [0, 0.05) is 27.6 Å². The molecule has 0 fully saturated rings. The molecule has 6 aromatic carbocycles. The molecule has 0 spiro atoms. The predicted molar refractivity (Wildman–Crippen MR) is 182 cm³/mol. The Balaban J connectivity index is 1.29. The van der Waals surface area contributed by atoms with E-state index in [2.05, 4.69) is 121 Å². The van der Waals surface area contributed by atoms with Crippen LogP contribution in [-0.4, -0.2) is 15.0 Å². The van der Waals surface area contributed by atoms with Crippen LogP contribution in [0.2, 0.25) is 0 Å². The van der Waals surface area contributed by atoms with Crippen molar-refractivity contribution in [1.82, 2.24) is 15.0 Å². The second kappa shape index (κ2) is 11.0. The van der Waals surface area contributed by atoms with E-state index in [-0.39, 0.29) is 0 Å². The molecule has 8 aromatic rings. The first-order valence-electron chi connectivity index (χ1n) is 14.8. The molecule has 2 heterocycles. The summed E-state index contributed by atoms with van der Waals surface area (Å²) in [6.45, 7) is 0. The first-order chi connectivity index (χ1) is 21.8. The molecule has 0 unspecified atom stereocenters. The molecule has 0 atom stereocenters. The highest BCUT2D eigenvalue weighted by atomic mass is 14.9. The predicted octanol–water partition coefficient (Wildman–Crippen LogP) is 10.5. The smallest absolute Gasteiger partial charge is 0.160 e. The summed E-state index contributed by atoms with van der Waals surface area (Å²) in [5.74, 6) is 0.713. The standard InChI is InChI=1S/C41H27N3/c1-4-13-30(14-5-1)37-26-35(40-34-19-11-10-12-28(34)24-25-36(40)42-37)29-20-22-32(23-21-29)39-27-38(31-15-6-2-7-16-31)43-41(44-39)33-17-8-3-9-18-33/h1-27H. The topological polar surface area (TPSA) is 38.7 Å². The molecule has 0 aliphatic carbocycles. The second-order valence-corrected chi connectivity index (χ2v) is 10.9. The van der Waals surface area contributed by atoms with Gasteiger partial charge in [0.1, 0.15) is 0 Å². The lowest BCUT2D eigenvalue weighted by Gasteiger charge is -2.14. The summed E-state index contributed by atoms with van der Waals surface area (Å²) in [7, 11) is 0. The molecular weight excluding hydrogens is 534 g/mol. The van der Waals surface area contributed by atoms with Crippen LogP contribution in [0.3, 0.4) is 0 Å². The summed E-state index contributed by atoms with van der Waals surface area (Å²) in [4.78, 5) is 15.1. The van der Waals surface area contributed by atoms with Gasteiger partial charge in [-0.2, -0.15) is 0 Å². The average Bonchev–Trinajstić information content (AvgIpc) is 3.12. The van der Waals surface area contributed by atoms with E-state index in [1.807, 2.05) is 42.5 Å². The maximum atomic E-state index is 5.11. The Bertz CT molecular complexity index is 2190. The number of fused-ring (bicyclic) bond motifs is 3. The van der Waals surface area contributed by atoms with Crippen LogP contribution in [0.25, 0.3) is 78.0 Å². The fourth-order valence-corrected chi connectivity index (χ4v) is 5.88. The van der Waals surface area contributed by atoms with E-state index in [0.717, 1.165) is 61.4 Å². The zero-order chi connectivity index (χ0) is 29.3. The van der Waals surface area contributed by atoms with Gasteiger partial charge in [-0.25, -0.2) is 15.0 Å². The molecule has 0 N–H and O–H groups in total. The van der Waals surface area contributed by atoms with Crippen molar-refractivity contribution in [2.45, 2.75) is 0 Å². The highest BCUT2D eigenvalue weighted by Gasteiger charge is 2.14. The Morgan fingerprint density at radius 2 is 0.841 bits per heavy atom. The number of hydrogen-bond donors (Lipinski definition) is 0. The Labute approximate surface area is 256 Å². The fraction of sp³-hybridized carbons (Fsp3) is 0. The van der Waals surface area contributed by atoms with Gasteiger partial charge in [-0.1, -0.05) is 146 Å². The normalized spacial score (nSPS) is 11.2. The monoisotopic (exact) mass is 561 g/mol. The van der Waals surface area contributed by atoms with E-state index in [4.69, 9.17) is 15.0 Å². The highest BCUT2D eigenvalue weighted by molar-refractivity contribution is 6.13. The van der Waals surface area contributed by atoms with Crippen molar-refractivity contribution >= 4 is 21.7 Å². The van der Waals surface area contributed by atoms with Gasteiger partial charge in [-0.05, 0) is 40.1 Å². The van der Waals surface area contributed by atoms with Crippen molar-refractivity contribution in [1.29, 1.82) is 0 Å². The van der Waals surface area contributed by atoms with E-state index in [1.54, 1.807) is 0 Å². The number of nitrogens with zero attached hydrogens (tertiary/aromatic N) is 3. The first kappa shape index (κ1) is 25.8. The number of hydrogen-bond acceptors (Lipinski definition) is 3. The van der Waals surface area contributed by atoms with Crippen molar-refractivity contribution in [3.63, 3.8) is 0 Å². The Hall–Kier alpha value is -5.93. The molecule has 0 aliphatic heterocycles. The first-order valence-corrected chi connectivity index (χ1v) is 14.8. The molecule has 0 saturated carbocycles. The van der Waals surface area contributed by atoms with Crippen LogP contribution in [0.1, 0.15) is 0 Å². The molecule has 3 heteroatoms. The van der Waals surface area contributed by atoms with Crippen molar-refractivity contribution in [2.75, 3.05) is 0 Å². The maximum absolute atomic E-state index is 5.11. The molecule has 44 heavy (non-hydrogen) atoms. The summed E-state index contributed by atoms with van der Waals surface area (Å²) in [5.41, 5.74) is 10.2. The quantitative estimate of drug-likeness (QED) is 0.196. The van der Waals surface area contributed by atoms with Crippen LogP contribution in [0, 0.1) is 0 Å². The van der Waals surface area contributed by atoms with Gasteiger partial charge >= 0.3 is 0 Å². The summed E-state index contributed by atoms with van der Waals surface area (Å²) >= 11 is 0. The third-order valence-electron chi connectivity index (χ3n) is 8.09. The van der Waals surface area contributed by atoms with Crippen LogP contribution in [0.4, 0.5) is 0 Å². The Kier molecular flexibility index (Phi) is 6.47. The highest BCUT2D eigenvalue weighted by Crippen LogP contribution is 2.37. The lowest BCUT2D eigenvalue weighted by molar-refractivity contribution is 1.18. The third kappa shape index (κ3) is 4.81. The van der Waals surface area contributed by atoms with E-state index in [1.165, 1.54) is 10.8 Å². The van der Waals surface area contributed by atoms with Gasteiger partial charge < -0.3 is 0 Å². The van der Waals surface area contributed by atoms with E-state index < -0.39 is 0 Å². The lowest BCUT2D eigenvalue weighted by Crippen LogP contribution is -1.96. The van der Waals surface area contributed by atoms with Gasteiger partial charge in [-0.15, -0.1) is 0 Å². The van der Waals surface area contributed by atoms with Crippen molar-refractivity contribution < 1.29 is 0 Å². The van der Waals surface area contributed by atoms with Gasteiger partial charge in [0.05, 0.1) is 22.6 Å². The molecule has 206 valence electrons. The maximum Gasteiger partial charge on any atom is 0.160 e. The van der Waals surface area contributed by atoms with Gasteiger partial charge in [0.2, 0.25) is 0 Å². The Morgan fingerprint density at radius 1 is 0.341 bits per heavy atom. The van der Waals surface area contributed by atoms with Crippen LogP contribution < -0.4 is 0 Å². The largest absolute Gasteiger partial charge is 0.248 e. The van der Waals surface area contributed by atoms with Crippen molar-refractivity contribution in [2.24, 2.45) is 0 Å². The molecule has 2 aromatic heterocycles. The van der Waals surface area contributed by atoms with Crippen molar-refractivity contribution in [3.8, 4) is 56.3 Å². The SMILES string of the molecule is c1ccc(-c2cc(-c3ccc(-c4cc(-c5ccccc5)nc5ccc6ccccc6c45)cc3)nc(-c3ccccc3)n2)cc1. The minimum absolute atomic E-state index is 0.713. The molecule has 0 saturated heterocycles. The average molecular weight is 562 g/mol. The summed E-state index contributed by atoms with van der Waals surface area (Å²) < 4.78 is 0.